The molecule has 2 heterocycles. The molecule has 152 valence electrons. The number of nitro benzene ring substituents is 1. The van der Waals surface area contributed by atoms with E-state index in [4.69, 9.17) is 20.8 Å². The fourth-order valence-electron chi connectivity index (χ4n) is 3.16. The number of nitro groups is 1. The van der Waals surface area contributed by atoms with Crippen molar-refractivity contribution < 1.29 is 18.9 Å². The maximum Gasteiger partial charge on any atom is 0.281 e. The highest BCUT2D eigenvalue weighted by Crippen LogP contribution is 2.33. The van der Waals surface area contributed by atoms with Crippen molar-refractivity contribution in [1.82, 2.24) is 5.01 Å². The van der Waals surface area contributed by atoms with Crippen LogP contribution in [-0.4, -0.2) is 28.2 Å². The van der Waals surface area contributed by atoms with E-state index in [1.165, 1.54) is 29.5 Å². The van der Waals surface area contributed by atoms with Crippen LogP contribution in [0.3, 0.4) is 0 Å². The summed E-state index contributed by atoms with van der Waals surface area (Å²) in [7, 11) is 0. The van der Waals surface area contributed by atoms with Crippen molar-refractivity contribution in [1.29, 1.82) is 0 Å². The number of hydrogen-bond acceptors (Lipinski definition) is 6. The van der Waals surface area contributed by atoms with Crippen LogP contribution in [0.2, 0.25) is 5.02 Å². The van der Waals surface area contributed by atoms with E-state index in [0.29, 0.717) is 17.2 Å². The van der Waals surface area contributed by atoms with Crippen LogP contribution in [0.25, 0.3) is 0 Å². The van der Waals surface area contributed by atoms with Crippen LogP contribution in [0.4, 0.5) is 5.69 Å². The Hall–Kier alpha value is -3.65. The van der Waals surface area contributed by atoms with Crippen LogP contribution in [0.15, 0.2) is 76.4 Å². The summed E-state index contributed by atoms with van der Waals surface area (Å²) in [6.07, 6.45) is 2.01. The van der Waals surface area contributed by atoms with Crippen LogP contribution in [0.1, 0.15) is 23.8 Å². The molecule has 0 saturated heterocycles. The first-order valence-electron chi connectivity index (χ1n) is 9.07. The molecule has 0 radical (unpaired) electrons. The minimum Gasteiger partial charge on any atom is -0.483 e. The quantitative estimate of drug-likeness (QED) is 0.424. The monoisotopic (exact) mass is 425 g/mol. The molecule has 2 aromatic carbocycles. The highest BCUT2D eigenvalue weighted by molar-refractivity contribution is 6.30. The predicted molar refractivity (Wildman–Crippen MR) is 109 cm³/mol. The zero-order chi connectivity index (χ0) is 21.1. The highest BCUT2D eigenvalue weighted by Gasteiger charge is 2.35. The molecule has 0 fully saturated rings. The molecular formula is C21H16ClN3O5. The lowest BCUT2D eigenvalue weighted by Crippen LogP contribution is -2.31. The molecule has 1 aliphatic heterocycles. The van der Waals surface area contributed by atoms with Gasteiger partial charge in [0.05, 0.1) is 23.0 Å². The smallest absolute Gasteiger partial charge is 0.281 e. The van der Waals surface area contributed by atoms with Gasteiger partial charge in [0.2, 0.25) is 0 Å². The maximum absolute atomic E-state index is 12.9. The summed E-state index contributed by atoms with van der Waals surface area (Å²) >= 11 is 5.96. The topological polar surface area (TPSA) is 98.2 Å². The lowest BCUT2D eigenvalue weighted by molar-refractivity contribution is -0.384. The van der Waals surface area contributed by atoms with Crippen LogP contribution in [0, 0.1) is 10.1 Å². The van der Waals surface area contributed by atoms with Crippen molar-refractivity contribution in [2.24, 2.45) is 5.10 Å². The minimum atomic E-state index is -0.523. The molecule has 0 N–H and O–H groups in total. The van der Waals surface area contributed by atoms with Gasteiger partial charge in [-0.3, -0.25) is 14.9 Å². The van der Waals surface area contributed by atoms with Crippen molar-refractivity contribution >= 4 is 28.9 Å². The number of halogens is 1. The Morgan fingerprint density at radius 2 is 2.03 bits per heavy atom. The summed E-state index contributed by atoms with van der Waals surface area (Å²) in [5.41, 5.74) is 1.46. The van der Waals surface area contributed by atoms with Crippen LogP contribution < -0.4 is 4.74 Å². The number of amides is 1. The first-order chi connectivity index (χ1) is 14.5. The van der Waals surface area contributed by atoms with E-state index in [1.807, 2.05) is 12.1 Å². The van der Waals surface area contributed by atoms with Crippen molar-refractivity contribution in [3.63, 3.8) is 0 Å². The molecule has 3 aromatic rings. The normalized spacial score (nSPS) is 15.7. The number of carbonyl (C=O) groups is 1. The molecule has 4 rings (SSSR count). The number of rotatable bonds is 6. The van der Waals surface area contributed by atoms with Gasteiger partial charge in [-0.15, -0.1) is 0 Å². The van der Waals surface area contributed by atoms with E-state index < -0.39 is 16.9 Å². The predicted octanol–water partition coefficient (Wildman–Crippen LogP) is 4.60. The fraction of sp³-hybridized carbons (Fsp3) is 0.143. The Morgan fingerprint density at radius 1 is 1.23 bits per heavy atom. The zero-order valence-corrected chi connectivity index (χ0v) is 16.4. The number of benzene rings is 2. The first kappa shape index (κ1) is 19.7. The van der Waals surface area contributed by atoms with Gasteiger partial charge in [0.15, 0.2) is 6.61 Å². The Bertz CT molecular complexity index is 1100. The highest BCUT2D eigenvalue weighted by atomic mass is 35.5. The first-order valence-corrected chi connectivity index (χ1v) is 9.45. The van der Waals surface area contributed by atoms with Crippen molar-refractivity contribution in [2.75, 3.05) is 6.61 Å². The molecule has 0 saturated carbocycles. The summed E-state index contributed by atoms with van der Waals surface area (Å²) in [6, 6.07) is 16.0. The number of non-ortho nitro benzene ring substituents is 1. The molecule has 1 aliphatic rings. The molecule has 8 nitrogen and oxygen atoms in total. The van der Waals surface area contributed by atoms with E-state index in [0.717, 1.165) is 11.3 Å². The van der Waals surface area contributed by atoms with Gasteiger partial charge in [-0.2, -0.15) is 5.10 Å². The van der Waals surface area contributed by atoms with E-state index in [-0.39, 0.29) is 18.0 Å². The number of hydrazone groups is 1. The second-order valence-electron chi connectivity index (χ2n) is 6.57. The standard InChI is InChI=1S/C21H16ClN3O5/c22-15-8-6-14(7-9-15)18-12-19(20-5-2-10-29-20)24(23-18)21(26)13-30-17-4-1-3-16(11-17)25(27)28/h1-11,19H,12-13H2. The van der Waals surface area contributed by atoms with Gasteiger partial charge in [0, 0.05) is 17.5 Å². The molecule has 0 bridgehead atoms. The van der Waals surface area contributed by atoms with Crippen LogP contribution in [-0.2, 0) is 4.79 Å². The van der Waals surface area contributed by atoms with Gasteiger partial charge in [-0.05, 0) is 35.9 Å². The molecule has 0 spiro atoms. The molecule has 0 aliphatic carbocycles. The summed E-state index contributed by atoms with van der Waals surface area (Å²) in [6.45, 7) is -0.324. The number of hydrogen-bond donors (Lipinski definition) is 0. The van der Waals surface area contributed by atoms with E-state index in [1.54, 1.807) is 30.3 Å². The summed E-state index contributed by atoms with van der Waals surface area (Å²) in [5.74, 6) is 0.437. The summed E-state index contributed by atoms with van der Waals surface area (Å²) in [5, 5.41) is 17.3. The number of ether oxygens (including phenoxy) is 1. The maximum atomic E-state index is 12.9. The minimum absolute atomic E-state index is 0.113. The largest absolute Gasteiger partial charge is 0.483 e. The molecule has 30 heavy (non-hydrogen) atoms. The van der Waals surface area contributed by atoms with E-state index >= 15 is 0 Å². The lowest BCUT2D eigenvalue weighted by Gasteiger charge is -2.19. The van der Waals surface area contributed by atoms with Crippen molar-refractivity contribution in [3.05, 3.63) is 93.4 Å². The number of furan rings is 1. The fourth-order valence-corrected chi connectivity index (χ4v) is 3.28. The molecular weight excluding hydrogens is 410 g/mol. The molecule has 1 aromatic heterocycles. The Labute approximate surface area is 176 Å². The van der Waals surface area contributed by atoms with E-state index in [2.05, 4.69) is 5.10 Å². The molecule has 1 atom stereocenters. The summed E-state index contributed by atoms with van der Waals surface area (Å²) in [4.78, 5) is 23.3. The SMILES string of the molecule is O=C(COc1cccc([N+](=O)[O-])c1)N1N=C(c2ccc(Cl)cc2)CC1c1ccco1. The average Bonchev–Trinajstić information content (AvgIpc) is 3.42. The van der Waals surface area contributed by atoms with Crippen LogP contribution >= 0.6 is 11.6 Å². The lowest BCUT2D eigenvalue weighted by atomic mass is 10.0. The third-order valence-electron chi connectivity index (χ3n) is 4.61. The average molecular weight is 426 g/mol. The van der Waals surface area contributed by atoms with Gasteiger partial charge < -0.3 is 9.15 Å². The third kappa shape index (κ3) is 4.18. The Morgan fingerprint density at radius 3 is 2.73 bits per heavy atom. The van der Waals surface area contributed by atoms with Gasteiger partial charge in [-0.1, -0.05) is 29.8 Å². The summed E-state index contributed by atoms with van der Waals surface area (Å²) < 4.78 is 11.0. The molecule has 1 amide bonds. The van der Waals surface area contributed by atoms with E-state index in [9.17, 15) is 14.9 Å². The van der Waals surface area contributed by atoms with Crippen molar-refractivity contribution in [3.8, 4) is 5.75 Å². The van der Waals surface area contributed by atoms with Gasteiger partial charge in [-0.25, -0.2) is 5.01 Å². The Balaban J connectivity index is 1.54. The van der Waals surface area contributed by atoms with Crippen LogP contribution in [0.5, 0.6) is 5.75 Å². The number of carbonyl (C=O) groups excluding carboxylic acids is 1. The van der Waals surface area contributed by atoms with Gasteiger partial charge >= 0.3 is 0 Å². The van der Waals surface area contributed by atoms with Gasteiger partial charge in [0.1, 0.15) is 17.6 Å². The van der Waals surface area contributed by atoms with Gasteiger partial charge in [0.25, 0.3) is 11.6 Å². The Kier molecular flexibility index (Phi) is 5.49. The molecule has 1 unspecified atom stereocenters. The third-order valence-corrected chi connectivity index (χ3v) is 4.86. The number of nitrogens with zero attached hydrogens (tertiary/aromatic N) is 3. The molecule has 9 heteroatoms. The second-order valence-corrected chi connectivity index (χ2v) is 7.01. The second kappa shape index (κ2) is 8.38. The zero-order valence-electron chi connectivity index (χ0n) is 15.6. The van der Waals surface area contributed by atoms with Crippen molar-refractivity contribution in [2.45, 2.75) is 12.5 Å².